The summed E-state index contributed by atoms with van der Waals surface area (Å²) >= 11 is 5.91. The Bertz CT molecular complexity index is 568. The van der Waals surface area contributed by atoms with Gasteiger partial charge in [0, 0.05) is 18.2 Å². The number of halogens is 2. The molecule has 0 aliphatic carbocycles. The van der Waals surface area contributed by atoms with E-state index >= 15 is 0 Å². The maximum Gasteiger partial charge on any atom is 0.145 e. The smallest absolute Gasteiger partial charge is 0.145 e. The molecule has 0 saturated heterocycles. The van der Waals surface area contributed by atoms with Crippen LogP contribution in [0, 0.1) is 5.82 Å². The summed E-state index contributed by atoms with van der Waals surface area (Å²) in [6.45, 7) is 0. The molecule has 0 saturated carbocycles. The van der Waals surface area contributed by atoms with E-state index in [-0.39, 0.29) is 5.02 Å². The van der Waals surface area contributed by atoms with Crippen LogP contribution < -0.4 is 10.5 Å². The molecule has 2 aromatic rings. The molecule has 0 amide bonds. The van der Waals surface area contributed by atoms with E-state index in [1.165, 1.54) is 23.9 Å². The lowest BCUT2D eigenvalue weighted by Gasteiger charge is -2.10. The third-order valence-corrected chi connectivity index (χ3v) is 2.77. The van der Waals surface area contributed by atoms with Crippen molar-refractivity contribution >= 4 is 17.4 Å². The predicted molar refractivity (Wildman–Crippen MR) is 64.6 cm³/mol. The standard InChI is InChI=1S/C11H11ClFN3O/c1-16-11(14)8(5-15-16)7-3-6(13)4-9(12)10(7)17-2/h3-5H,14H2,1-2H3. The van der Waals surface area contributed by atoms with E-state index in [4.69, 9.17) is 22.1 Å². The van der Waals surface area contributed by atoms with Crippen molar-refractivity contribution in [2.45, 2.75) is 0 Å². The molecule has 2 rings (SSSR count). The molecule has 1 aromatic heterocycles. The number of anilines is 1. The molecular weight excluding hydrogens is 245 g/mol. The molecule has 0 fully saturated rings. The van der Waals surface area contributed by atoms with Crippen molar-refractivity contribution in [1.29, 1.82) is 0 Å². The predicted octanol–water partition coefficient (Wildman–Crippen LogP) is 2.47. The summed E-state index contributed by atoms with van der Waals surface area (Å²) in [5.41, 5.74) is 6.92. The average Bonchev–Trinajstić information content (AvgIpc) is 2.59. The maximum absolute atomic E-state index is 13.4. The summed E-state index contributed by atoms with van der Waals surface area (Å²) in [5.74, 6) is 0.354. The third-order valence-electron chi connectivity index (χ3n) is 2.49. The number of hydrogen-bond acceptors (Lipinski definition) is 3. The van der Waals surface area contributed by atoms with Gasteiger partial charge in [-0.05, 0) is 12.1 Å². The van der Waals surface area contributed by atoms with Gasteiger partial charge in [0.25, 0.3) is 0 Å². The number of nitrogens with two attached hydrogens (primary N) is 1. The highest BCUT2D eigenvalue weighted by Crippen LogP contribution is 2.39. The van der Waals surface area contributed by atoms with E-state index < -0.39 is 5.82 Å². The van der Waals surface area contributed by atoms with Crippen LogP contribution in [0.15, 0.2) is 18.3 Å². The zero-order valence-electron chi connectivity index (χ0n) is 9.37. The van der Waals surface area contributed by atoms with Gasteiger partial charge >= 0.3 is 0 Å². The fraction of sp³-hybridized carbons (Fsp3) is 0.182. The van der Waals surface area contributed by atoms with Crippen LogP contribution in [0.5, 0.6) is 5.75 Å². The van der Waals surface area contributed by atoms with Gasteiger partial charge in [-0.3, -0.25) is 4.68 Å². The zero-order valence-corrected chi connectivity index (χ0v) is 10.1. The lowest BCUT2D eigenvalue weighted by Crippen LogP contribution is -1.99. The molecule has 4 nitrogen and oxygen atoms in total. The molecule has 0 aliphatic rings. The number of ether oxygens (including phenoxy) is 1. The average molecular weight is 256 g/mol. The summed E-state index contributed by atoms with van der Waals surface area (Å²) in [5, 5.41) is 4.20. The molecule has 1 heterocycles. The first kappa shape index (κ1) is 11.7. The Balaban J connectivity index is 2.70. The molecule has 0 bridgehead atoms. The largest absolute Gasteiger partial charge is 0.495 e. The summed E-state index contributed by atoms with van der Waals surface area (Å²) in [6.07, 6.45) is 1.54. The number of nitrogen functional groups attached to an aromatic ring is 1. The van der Waals surface area contributed by atoms with Crippen molar-refractivity contribution < 1.29 is 9.13 Å². The van der Waals surface area contributed by atoms with Crippen LogP contribution in [0.2, 0.25) is 5.02 Å². The van der Waals surface area contributed by atoms with E-state index in [9.17, 15) is 4.39 Å². The molecule has 0 unspecified atom stereocenters. The van der Waals surface area contributed by atoms with Gasteiger partial charge in [-0.15, -0.1) is 0 Å². The molecule has 90 valence electrons. The Morgan fingerprint density at radius 2 is 2.12 bits per heavy atom. The van der Waals surface area contributed by atoms with Gasteiger partial charge in [-0.25, -0.2) is 4.39 Å². The van der Waals surface area contributed by atoms with Gasteiger partial charge in [0.1, 0.15) is 17.4 Å². The maximum atomic E-state index is 13.4. The Kier molecular flexibility index (Phi) is 2.93. The number of rotatable bonds is 2. The highest BCUT2D eigenvalue weighted by Gasteiger charge is 2.16. The van der Waals surface area contributed by atoms with Crippen LogP contribution in [0.25, 0.3) is 11.1 Å². The van der Waals surface area contributed by atoms with Gasteiger partial charge in [0.05, 0.1) is 18.3 Å². The van der Waals surface area contributed by atoms with E-state index in [1.54, 1.807) is 13.2 Å². The summed E-state index contributed by atoms with van der Waals surface area (Å²) in [4.78, 5) is 0. The Labute approximate surface area is 103 Å². The molecule has 17 heavy (non-hydrogen) atoms. The molecule has 0 spiro atoms. The van der Waals surface area contributed by atoms with Gasteiger partial charge in [0.15, 0.2) is 0 Å². The van der Waals surface area contributed by atoms with Crippen LogP contribution in [0.3, 0.4) is 0 Å². The number of aromatic nitrogens is 2. The lowest BCUT2D eigenvalue weighted by molar-refractivity contribution is 0.415. The molecule has 1 aromatic carbocycles. The number of methoxy groups -OCH3 is 1. The minimum atomic E-state index is -0.450. The van der Waals surface area contributed by atoms with Crippen molar-refractivity contribution in [3.8, 4) is 16.9 Å². The second-order valence-corrected chi connectivity index (χ2v) is 3.94. The van der Waals surface area contributed by atoms with E-state index in [0.717, 1.165) is 0 Å². The summed E-state index contributed by atoms with van der Waals surface area (Å²) < 4.78 is 20.0. The Hall–Kier alpha value is -1.75. The molecule has 2 N–H and O–H groups in total. The van der Waals surface area contributed by atoms with Crippen molar-refractivity contribution in [3.63, 3.8) is 0 Å². The number of benzene rings is 1. The highest BCUT2D eigenvalue weighted by atomic mass is 35.5. The Morgan fingerprint density at radius 3 is 2.65 bits per heavy atom. The van der Waals surface area contributed by atoms with Crippen LogP contribution >= 0.6 is 11.6 Å². The van der Waals surface area contributed by atoms with Gasteiger partial charge in [0.2, 0.25) is 0 Å². The van der Waals surface area contributed by atoms with E-state index in [2.05, 4.69) is 5.10 Å². The first-order valence-electron chi connectivity index (χ1n) is 4.85. The van der Waals surface area contributed by atoms with Crippen molar-refractivity contribution in [3.05, 3.63) is 29.2 Å². The van der Waals surface area contributed by atoms with Crippen molar-refractivity contribution in [1.82, 2.24) is 9.78 Å². The molecule has 6 heteroatoms. The van der Waals surface area contributed by atoms with Gasteiger partial charge < -0.3 is 10.5 Å². The normalized spacial score (nSPS) is 10.6. The molecule has 0 aliphatic heterocycles. The summed E-state index contributed by atoms with van der Waals surface area (Å²) in [7, 11) is 3.17. The quantitative estimate of drug-likeness (QED) is 0.897. The first-order chi connectivity index (χ1) is 8.04. The second-order valence-electron chi connectivity index (χ2n) is 3.54. The number of aryl methyl sites for hydroxylation is 1. The van der Waals surface area contributed by atoms with Crippen molar-refractivity contribution in [2.24, 2.45) is 7.05 Å². The third kappa shape index (κ3) is 1.93. The minimum Gasteiger partial charge on any atom is -0.495 e. The first-order valence-corrected chi connectivity index (χ1v) is 5.23. The number of hydrogen-bond donors (Lipinski definition) is 1. The van der Waals surface area contributed by atoms with Crippen LogP contribution in [0.1, 0.15) is 0 Å². The molecule has 0 atom stereocenters. The lowest BCUT2D eigenvalue weighted by atomic mass is 10.1. The number of nitrogens with zero attached hydrogens (tertiary/aromatic N) is 2. The Morgan fingerprint density at radius 1 is 1.41 bits per heavy atom. The summed E-state index contributed by atoms with van der Waals surface area (Å²) in [6, 6.07) is 2.51. The molecule has 0 radical (unpaired) electrons. The van der Waals surface area contributed by atoms with Crippen LogP contribution in [-0.2, 0) is 7.05 Å². The van der Waals surface area contributed by atoms with Gasteiger partial charge in [-0.1, -0.05) is 11.6 Å². The topological polar surface area (TPSA) is 53.1 Å². The van der Waals surface area contributed by atoms with Crippen molar-refractivity contribution in [2.75, 3.05) is 12.8 Å². The minimum absolute atomic E-state index is 0.200. The zero-order chi connectivity index (χ0) is 12.6. The van der Waals surface area contributed by atoms with E-state index in [1.807, 2.05) is 0 Å². The monoisotopic (exact) mass is 255 g/mol. The highest BCUT2D eigenvalue weighted by molar-refractivity contribution is 6.32. The van der Waals surface area contributed by atoms with Gasteiger partial charge in [-0.2, -0.15) is 5.10 Å². The SMILES string of the molecule is COc1c(Cl)cc(F)cc1-c1cnn(C)c1N. The fourth-order valence-corrected chi connectivity index (χ4v) is 1.91. The van der Waals surface area contributed by atoms with Crippen LogP contribution in [-0.4, -0.2) is 16.9 Å². The van der Waals surface area contributed by atoms with E-state index in [0.29, 0.717) is 22.7 Å². The second kappa shape index (κ2) is 4.25. The van der Waals surface area contributed by atoms with Crippen LogP contribution in [0.4, 0.5) is 10.2 Å². The molecular formula is C11H11ClFN3O. The fourth-order valence-electron chi connectivity index (χ4n) is 1.62.